The first-order valence-electron chi connectivity index (χ1n) is 13.0. The van der Waals surface area contributed by atoms with Gasteiger partial charge in [0.2, 0.25) is 5.91 Å². The molecular formula is C27H37N3O7S. The number of amides is 2. The number of piperidine rings is 1. The number of likely N-dealkylation sites (tertiary alicyclic amines) is 1. The summed E-state index contributed by atoms with van der Waals surface area (Å²) in [5, 5.41) is 23.6. The van der Waals surface area contributed by atoms with Gasteiger partial charge in [-0.05, 0) is 48.9 Å². The Morgan fingerprint density at radius 1 is 1.16 bits per heavy atom. The van der Waals surface area contributed by atoms with Crippen molar-refractivity contribution in [2.45, 2.75) is 50.3 Å². The van der Waals surface area contributed by atoms with Gasteiger partial charge in [-0.25, -0.2) is 9.78 Å². The normalized spacial score (nSPS) is 21.3. The van der Waals surface area contributed by atoms with E-state index in [9.17, 15) is 19.8 Å². The highest BCUT2D eigenvalue weighted by atomic mass is 32.1. The molecule has 10 nitrogen and oxygen atoms in total. The van der Waals surface area contributed by atoms with E-state index in [2.05, 4.69) is 11.1 Å². The fourth-order valence-electron chi connectivity index (χ4n) is 4.97. The Kier molecular flexibility index (Phi) is 9.59. The number of carboxylic acid groups (broad SMARTS) is 1. The Morgan fingerprint density at radius 3 is 2.58 bits per heavy atom. The summed E-state index contributed by atoms with van der Waals surface area (Å²) in [5.41, 5.74) is 0.501. The summed E-state index contributed by atoms with van der Waals surface area (Å²) in [7, 11) is 3.30. The smallest absolute Gasteiger partial charge is 0.407 e. The molecule has 0 unspecified atom stereocenters. The molecule has 2 fully saturated rings. The summed E-state index contributed by atoms with van der Waals surface area (Å²) in [4.78, 5) is 33.2. The monoisotopic (exact) mass is 547 g/mol. The van der Waals surface area contributed by atoms with Crippen LogP contribution >= 0.6 is 11.3 Å². The number of hydrogen-bond acceptors (Lipinski definition) is 8. The number of thiazole rings is 1. The molecule has 0 radical (unpaired) electrons. The fourth-order valence-corrected chi connectivity index (χ4v) is 5.79. The van der Waals surface area contributed by atoms with E-state index in [4.69, 9.17) is 14.2 Å². The average molecular weight is 548 g/mol. The third kappa shape index (κ3) is 6.82. The van der Waals surface area contributed by atoms with Crippen molar-refractivity contribution in [2.24, 2.45) is 5.92 Å². The molecule has 38 heavy (non-hydrogen) atoms. The first kappa shape index (κ1) is 28.3. The van der Waals surface area contributed by atoms with Gasteiger partial charge in [0.05, 0.1) is 12.5 Å². The van der Waals surface area contributed by atoms with E-state index in [-0.39, 0.29) is 31.5 Å². The summed E-state index contributed by atoms with van der Waals surface area (Å²) in [6, 6.07) is 6.08. The van der Waals surface area contributed by atoms with Gasteiger partial charge in [-0.1, -0.05) is 6.07 Å². The van der Waals surface area contributed by atoms with Gasteiger partial charge in [0, 0.05) is 64.5 Å². The predicted octanol–water partition coefficient (Wildman–Crippen LogP) is 3.13. The number of aliphatic hydroxyl groups is 1. The molecule has 2 heterocycles. The maximum Gasteiger partial charge on any atom is 0.407 e. The first-order chi connectivity index (χ1) is 18.4. The van der Waals surface area contributed by atoms with Gasteiger partial charge in [-0.15, -0.1) is 11.3 Å². The molecule has 2 atom stereocenters. The second-order valence-corrected chi connectivity index (χ2v) is 10.8. The summed E-state index contributed by atoms with van der Waals surface area (Å²) >= 11 is 1.29. The number of nitrogens with zero attached hydrogens (tertiary/aromatic N) is 3. The van der Waals surface area contributed by atoms with Crippen LogP contribution in [0.25, 0.3) is 0 Å². The van der Waals surface area contributed by atoms with E-state index in [0.717, 1.165) is 36.8 Å². The van der Waals surface area contributed by atoms with Crippen molar-refractivity contribution >= 4 is 23.3 Å². The molecule has 208 valence electrons. The van der Waals surface area contributed by atoms with Crippen molar-refractivity contribution in [3.8, 4) is 5.75 Å². The standard InChI is InChI=1S/C27H37N3O7S/c1-35-10-3-4-19-14-20(16-22(15-19)37-12-11-36-2)17-30(21-5-6-21)24(31)23-18-29(26(32)33)9-7-27(23,34)25-28-8-13-38-25/h8,13-16,21,23,34H,3-7,9-12,17-18H2,1-2H3,(H,32,33)/t23-,27-/m1/s1. The highest BCUT2D eigenvalue weighted by molar-refractivity contribution is 7.09. The quantitative estimate of drug-likeness (QED) is 0.367. The Morgan fingerprint density at radius 2 is 1.92 bits per heavy atom. The number of benzene rings is 1. The molecule has 0 bridgehead atoms. The lowest BCUT2D eigenvalue weighted by Gasteiger charge is -2.43. The summed E-state index contributed by atoms with van der Waals surface area (Å²) in [5.74, 6) is -0.478. The Bertz CT molecular complexity index is 1050. The third-order valence-electron chi connectivity index (χ3n) is 7.13. The van der Waals surface area contributed by atoms with Gasteiger partial charge in [0.1, 0.15) is 23.0 Å². The zero-order valence-electron chi connectivity index (χ0n) is 22.0. The Hall–Kier alpha value is -2.73. The first-order valence-corrected chi connectivity index (χ1v) is 13.9. The lowest BCUT2D eigenvalue weighted by Crippen LogP contribution is -2.57. The minimum atomic E-state index is -1.51. The predicted molar refractivity (Wildman–Crippen MR) is 141 cm³/mol. The van der Waals surface area contributed by atoms with E-state index in [1.165, 1.54) is 16.2 Å². The summed E-state index contributed by atoms with van der Waals surface area (Å²) in [6.45, 7) is 1.94. The van der Waals surface area contributed by atoms with Crippen LogP contribution in [-0.2, 0) is 32.8 Å². The van der Waals surface area contributed by atoms with Crippen molar-refractivity contribution < 1.29 is 34.0 Å². The number of aryl methyl sites for hydroxylation is 1. The van der Waals surface area contributed by atoms with E-state index < -0.39 is 17.6 Å². The van der Waals surface area contributed by atoms with Crippen molar-refractivity contribution in [3.63, 3.8) is 0 Å². The third-order valence-corrected chi connectivity index (χ3v) is 8.07. The molecule has 1 aliphatic heterocycles. The van der Waals surface area contributed by atoms with Crippen LogP contribution < -0.4 is 4.74 Å². The van der Waals surface area contributed by atoms with Gasteiger partial charge in [0.25, 0.3) is 0 Å². The lowest BCUT2D eigenvalue weighted by atomic mass is 9.80. The fraction of sp³-hybridized carbons (Fsp3) is 0.593. The molecule has 11 heteroatoms. The molecule has 4 rings (SSSR count). The number of carbonyl (C=O) groups is 2. The molecule has 2 aromatic rings. The molecular weight excluding hydrogens is 510 g/mol. The number of carbonyl (C=O) groups excluding carboxylic acids is 1. The number of hydrogen-bond donors (Lipinski definition) is 2. The van der Waals surface area contributed by atoms with Crippen molar-refractivity contribution in [1.82, 2.24) is 14.8 Å². The topological polar surface area (TPSA) is 122 Å². The molecule has 1 saturated heterocycles. The largest absolute Gasteiger partial charge is 0.491 e. The van der Waals surface area contributed by atoms with Crippen LogP contribution in [0.15, 0.2) is 29.8 Å². The van der Waals surface area contributed by atoms with Crippen LogP contribution in [0.5, 0.6) is 5.75 Å². The number of aromatic nitrogens is 1. The van der Waals surface area contributed by atoms with E-state index >= 15 is 0 Å². The van der Waals surface area contributed by atoms with Gasteiger partial charge < -0.3 is 34.2 Å². The average Bonchev–Trinajstić information content (AvgIpc) is 3.58. The minimum absolute atomic E-state index is 0.0539. The van der Waals surface area contributed by atoms with Crippen LogP contribution in [0.2, 0.25) is 0 Å². The highest BCUT2D eigenvalue weighted by Crippen LogP contribution is 2.41. The molecule has 2 aliphatic rings. The molecule has 0 spiro atoms. The second-order valence-electron chi connectivity index (χ2n) is 9.91. The number of rotatable bonds is 13. The van der Waals surface area contributed by atoms with Crippen LogP contribution in [0, 0.1) is 5.92 Å². The van der Waals surface area contributed by atoms with E-state index in [1.54, 1.807) is 25.8 Å². The SMILES string of the molecule is COCCCc1cc(CN(C(=O)[C@H]2CN(C(=O)O)CC[C@]2(O)c2nccs2)C2CC2)cc(OCCOC)c1. The molecule has 2 N–H and O–H groups in total. The lowest BCUT2D eigenvalue weighted by molar-refractivity contribution is -0.154. The van der Waals surface area contributed by atoms with Crippen molar-refractivity contribution in [1.29, 1.82) is 0 Å². The number of methoxy groups -OCH3 is 2. The number of ether oxygens (including phenoxy) is 3. The van der Waals surface area contributed by atoms with Crippen LogP contribution in [0.1, 0.15) is 41.8 Å². The zero-order chi connectivity index (χ0) is 27.1. The van der Waals surface area contributed by atoms with Gasteiger partial charge >= 0.3 is 6.09 Å². The maximum atomic E-state index is 14.1. The second kappa shape index (κ2) is 12.9. The maximum absolute atomic E-state index is 14.1. The summed E-state index contributed by atoms with van der Waals surface area (Å²) < 4.78 is 16.2. The Labute approximate surface area is 227 Å². The van der Waals surface area contributed by atoms with E-state index in [1.807, 2.05) is 17.0 Å². The van der Waals surface area contributed by atoms with Crippen molar-refractivity contribution in [3.05, 3.63) is 45.9 Å². The van der Waals surface area contributed by atoms with Gasteiger partial charge in [-0.2, -0.15) is 0 Å². The summed E-state index contributed by atoms with van der Waals surface area (Å²) in [6.07, 6.45) is 4.04. The van der Waals surface area contributed by atoms with Crippen LogP contribution in [0.4, 0.5) is 4.79 Å². The van der Waals surface area contributed by atoms with Crippen LogP contribution in [0.3, 0.4) is 0 Å². The molecule has 2 amide bonds. The highest BCUT2D eigenvalue weighted by Gasteiger charge is 2.52. The van der Waals surface area contributed by atoms with Crippen molar-refractivity contribution in [2.75, 3.05) is 47.1 Å². The molecule has 1 aromatic carbocycles. The van der Waals surface area contributed by atoms with E-state index in [0.29, 0.717) is 37.1 Å². The molecule has 1 aliphatic carbocycles. The van der Waals surface area contributed by atoms with Crippen LogP contribution in [-0.4, -0.2) is 90.2 Å². The van der Waals surface area contributed by atoms with Gasteiger partial charge in [0.15, 0.2) is 0 Å². The molecule has 1 aromatic heterocycles. The minimum Gasteiger partial charge on any atom is -0.491 e. The van der Waals surface area contributed by atoms with Gasteiger partial charge in [-0.3, -0.25) is 4.79 Å². The Balaban J connectivity index is 1.60. The molecule has 1 saturated carbocycles. The zero-order valence-corrected chi connectivity index (χ0v) is 22.8.